The van der Waals surface area contributed by atoms with Crippen molar-refractivity contribution < 1.29 is 10.3 Å². The minimum absolute atomic E-state index is 0.111. The number of hydrogen-bond acceptors (Lipinski definition) is 9. The van der Waals surface area contributed by atoms with Crippen LogP contribution in [0.5, 0.6) is 5.88 Å². The average molecular weight is 498 g/mol. The molecule has 0 amide bonds. The molecule has 2 saturated carbocycles. The molecule has 0 aromatic carbocycles. The number of aromatic hydroxyl groups is 1. The Bertz CT molecular complexity index is 1710. The van der Waals surface area contributed by atoms with Crippen LogP contribution in [0.3, 0.4) is 0 Å². The summed E-state index contributed by atoms with van der Waals surface area (Å²) < 4.78 is 2.30. The van der Waals surface area contributed by atoms with Crippen LogP contribution in [0.2, 0.25) is 0 Å². The molecule has 1 aromatic heterocycles. The third kappa shape index (κ3) is 3.76. The van der Waals surface area contributed by atoms with Gasteiger partial charge in [0.2, 0.25) is 11.3 Å². The van der Waals surface area contributed by atoms with Crippen molar-refractivity contribution in [1.82, 2.24) is 13.9 Å². The first-order valence-electron chi connectivity index (χ1n) is 12.3. The molecule has 12 nitrogen and oxygen atoms in total. The molecule has 12 heteroatoms. The molecule has 1 aliphatic heterocycles. The van der Waals surface area contributed by atoms with E-state index in [0.717, 1.165) is 50.7 Å². The summed E-state index contributed by atoms with van der Waals surface area (Å²) >= 11 is 0. The van der Waals surface area contributed by atoms with Crippen LogP contribution in [-0.4, -0.2) is 24.2 Å². The van der Waals surface area contributed by atoms with Crippen molar-refractivity contribution in [3.63, 3.8) is 0 Å². The van der Waals surface area contributed by atoms with E-state index >= 15 is 0 Å². The predicted octanol–water partition coefficient (Wildman–Crippen LogP) is 0.374. The van der Waals surface area contributed by atoms with Crippen molar-refractivity contribution in [1.29, 1.82) is 0 Å². The Balaban J connectivity index is 1.74. The molecule has 0 unspecified atom stereocenters. The van der Waals surface area contributed by atoms with Gasteiger partial charge in [0.1, 0.15) is 5.36 Å². The number of hydrogen-bond donors (Lipinski definition) is 3. The Hall–Kier alpha value is -3.96. The molecule has 190 valence electrons. The number of nitrogens with zero attached hydrogens (tertiary/aromatic N) is 4. The van der Waals surface area contributed by atoms with E-state index in [1.165, 1.54) is 9.13 Å². The van der Waals surface area contributed by atoms with Crippen molar-refractivity contribution in [2.75, 3.05) is 5.43 Å². The molecule has 5 rings (SSSR count). The van der Waals surface area contributed by atoms with Crippen molar-refractivity contribution in [3.8, 4) is 5.88 Å². The molecule has 3 aliphatic carbocycles. The summed E-state index contributed by atoms with van der Waals surface area (Å²) in [5.74, 6) is -0.584. The van der Waals surface area contributed by atoms with Crippen LogP contribution in [0, 0.1) is 10.4 Å². The highest BCUT2D eigenvalue weighted by molar-refractivity contribution is 5.50. The van der Waals surface area contributed by atoms with Gasteiger partial charge in [0.15, 0.2) is 5.69 Å². The minimum Gasteiger partial charge on any atom is -0.493 e. The van der Waals surface area contributed by atoms with Crippen LogP contribution in [0.25, 0.3) is 0 Å². The van der Waals surface area contributed by atoms with Gasteiger partial charge in [-0.1, -0.05) is 38.5 Å². The lowest BCUT2D eigenvalue weighted by Gasteiger charge is -2.29. The third-order valence-corrected chi connectivity index (χ3v) is 7.43. The highest BCUT2D eigenvalue weighted by Crippen LogP contribution is 2.33. The Morgan fingerprint density at radius 1 is 0.778 bits per heavy atom. The molecule has 0 saturated heterocycles. The zero-order valence-corrected chi connectivity index (χ0v) is 19.6. The normalized spacial score (nSPS) is 18.2. The van der Waals surface area contributed by atoms with Gasteiger partial charge in [-0.05, 0) is 37.8 Å². The van der Waals surface area contributed by atoms with E-state index in [-0.39, 0.29) is 27.7 Å². The molecule has 0 radical (unpaired) electrons. The van der Waals surface area contributed by atoms with E-state index in [1.54, 1.807) is 0 Å². The summed E-state index contributed by atoms with van der Waals surface area (Å²) in [6.07, 6.45) is 8.21. The summed E-state index contributed by atoms with van der Waals surface area (Å²) in [5, 5.41) is 23.6. The quantitative estimate of drug-likeness (QED) is 0.344. The van der Waals surface area contributed by atoms with Gasteiger partial charge in [0.25, 0.3) is 16.7 Å². The van der Waals surface area contributed by atoms with Gasteiger partial charge in [-0.25, -0.2) is 4.79 Å². The molecular formula is C24H27N5O7. The van der Waals surface area contributed by atoms with E-state index in [0.29, 0.717) is 25.7 Å². The maximum atomic E-state index is 13.5. The molecule has 2 fully saturated rings. The summed E-state index contributed by atoms with van der Waals surface area (Å²) in [6, 6.07) is 1.52. The molecule has 0 spiro atoms. The van der Waals surface area contributed by atoms with Gasteiger partial charge in [0, 0.05) is 12.1 Å². The van der Waals surface area contributed by atoms with Gasteiger partial charge < -0.3 is 10.3 Å². The highest BCUT2D eigenvalue weighted by atomic mass is 16.5. The Morgan fingerprint density at radius 3 is 1.97 bits per heavy atom. The summed E-state index contributed by atoms with van der Waals surface area (Å²) in [4.78, 5) is 63.9. The van der Waals surface area contributed by atoms with Crippen molar-refractivity contribution in [2.24, 2.45) is 5.10 Å². The first-order valence-corrected chi connectivity index (χ1v) is 12.3. The van der Waals surface area contributed by atoms with Crippen LogP contribution < -0.4 is 38.6 Å². The van der Waals surface area contributed by atoms with E-state index in [9.17, 15) is 34.3 Å². The highest BCUT2D eigenvalue weighted by Gasteiger charge is 2.29. The fraction of sp³-hybridized carbons (Fsp3) is 0.500. The first-order chi connectivity index (χ1) is 17.3. The number of anilines is 1. The third-order valence-electron chi connectivity index (χ3n) is 7.43. The standard InChI is InChI=1S/C24H27N5O7/c30-16-12-11-15-17(21(32)29(36)20(15)31)18(16)25-26-19-22(33)27(13-7-3-1-4-8-13)24(35)28(23(19)34)14-9-5-2-6-10-14/h11-14,26,33,36H,1-10H2. The largest absolute Gasteiger partial charge is 0.493 e. The zero-order chi connectivity index (χ0) is 25.6. The summed E-state index contributed by atoms with van der Waals surface area (Å²) in [5.41, 5.74) is -2.16. The molecule has 2 heterocycles. The maximum absolute atomic E-state index is 13.5. The molecular weight excluding hydrogens is 470 g/mol. The fourth-order valence-corrected chi connectivity index (χ4v) is 5.56. The van der Waals surface area contributed by atoms with E-state index in [1.807, 2.05) is 0 Å². The van der Waals surface area contributed by atoms with Crippen molar-refractivity contribution >= 4 is 5.69 Å². The minimum atomic E-state index is -1.12. The molecule has 0 atom stereocenters. The molecule has 4 aliphatic rings. The Labute approximate surface area is 202 Å². The van der Waals surface area contributed by atoms with Crippen LogP contribution >= 0.6 is 0 Å². The van der Waals surface area contributed by atoms with Gasteiger partial charge in [0.05, 0.1) is 10.4 Å². The monoisotopic (exact) mass is 497 g/mol. The van der Waals surface area contributed by atoms with Crippen LogP contribution in [0.1, 0.15) is 76.3 Å². The lowest BCUT2D eigenvalue weighted by Crippen LogP contribution is -2.45. The van der Waals surface area contributed by atoms with E-state index < -0.39 is 44.3 Å². The predicted molar refractivity (Wildman–Crippen MR) is 128 cm³/mol. The fourth-order valence-electron chi connectivity index (χ4n) is 5.56. The zero-order valence-electron chi connectivity index (χ0n) is 19.6. The Morgan fingerprint density at radius 2 is 1.36 bits per heavy atom. The van der Waals surface area contributed by atoms with Gasteiger partial charge in [-0.3, -0.25) is 33.7 Å². The molecule has 1 aromatic rings. The second kappa shape index (κ2) is 9.25. The van der Waals surface area contributed by atoms with Crippen molar-refractivity contribution in [2.45, 2.75) is 76.3 Å². The number of rotatable bonds is 4. The second-order valence-corrected chi connectivity index (χ2v) is 9.59. The Kier molecular flexibility index (Phi) is 6.10. The lowest BCUT2D eigenvalue weighted by molar-refractivity contribution is 0.168. The summed E-state index contributed by atoms with van der Waals surface area (Å²) in [7, 11) is 0. The van der Waals surface area contributed by atoms with E-state index in [4.69, 9.17) is 0 Å². The lowest BCUT2D eigenvalue weighted by atomic mass is 9.94. The van der Waals surface area contributed by atoms with Crippen LogP contribution in [0.4, 0.5) is 5.69 Å². The average Bonchev–Trinajstić information content (AvgIpc) is 3.10. The van der Waals surface area contributed by atoms with Gasteiger partial charge in [-0.2, -0.15) is 5.10 Å². The van der Waals surface area contributed by atoms with Crippen LogP contribution in [-0.2, 0) is 0 Å². The molecule has 36 heavy (non-hydrogen) atoms. The molecule has 0 bridgehead atoms. The van der Waals surface area contributed by atoms with Gasteiger partial charge in [-0.15, -0.1) is 4.73 Å². The first kappa shape index (κ1) is 23.8. The van der Waals surface area contributed by atoms with E-state index in [2.05, 4.69) is 10.5 Å². The number of aromatic nitrogens is 3. The van der Waals surface area contributed by atoms with Crippen molar-refractivity contribution in [3.05, 3.63) is 79.7 Å². The maximum Gasteiger partial charge on any atom is 0.334 e. The summed E-state index contributed by atoms with van der Waals surface area (Å²) in [6.45, 7) is 0. The number of nitrogens with one attached hydrogen (secondary N) is 1. The van der Waals surface area contributed by atoms with Crippen LogP contribution in [0.15, 0.2) is 41.2 Å². The topological polar surface area (TPSA) is 165 Å². The smallest absolute Gasteiger partial charge is 0.334 e. The SMILES string of the molecule is O=c1ccc2c(=O)n(O)c(=O)c=2c1=NNc1c(O)n(C2CCCCC2)c(=O)n(C2CCCCC2)c1=O. The van der Waals surface area contributed by atoms with Gasteiger partial charge >= 0.3 is 5.69 Å². The second-order valence-electron chi connectivity index (χ2n) is 9.59. The molecule has 3 N–H and O–H groups in total.